The Kier molecular flexibility index (Phi) is 12.6. The van der Waals surface area contributed by atoms with E-state index in [1.165, 1.54) is 22.1 Å². The second kappa shape index (κ2) is 17.5. The number of cyclic esters (lactones) is 1. The smallest absolute Gasteiger partial charge is 0.414 e. The normalized spacial score (nSPS) is 18.4. The molecule has 4 aromatic rings. The molecule has 57 heavy (non-hydrogen) atoms. The Morgan fingerprint density at radius 1 is 0.737 bits per heavy atom. The van der Waals surface area contributed by atoms with E-state index in [0.717, 1.165) is 38.6 Å². The van der Waals surface area contributed by atoms with E-state index in [0.29, 0.717) is 49.9 Å². The van der Waals surface area contributed by atoms with E-state index in [9.17, 15) is 26.9 Å². The lowest BCUT2D eigenvalue weighted by Gasteiger charge is -2.41. The van der Waals surface area contributed by atoms with Crippen molar-refractivity contribution in [3.05, 3.63) is 111 Å². The Labute approximate surface area is 350 Å². The molecule has 1 amide bonds. The number of amides is 1. The van der Waals surface area contributed by atoms with Crippen molar-refractivity contribution in [2.45, 2.75) is 60.8 Å². The van der Waals surface area contributed by atoms with E-state index >= 15 is 0 Å². The third-order valence-corrected chi connectivity index (χ3v) is 15.5. The summed E-state index contributed by atoms with van der Waals surface area (Å²) in [5.74, 6) is 0.646. The van der Waals surface area contributed by atoms with Crippen molar-refractivity contribution < 1.29 is 35.8 Å². The maximum Gasteiger partial charge on any atom is 0.414 e. The van der Waals surface area contributed by atoms with Crippen LogP contribution >= 0.6 is 31.9 Å². The van der Waals surface area contributed by atoms with Gasteiger partial charge in [-0.3, -0.25) is 4.90 Å². The number of rotatable bonds is 7. The number of fused-ring (bicyclic) bond motifs is 2. The third kappa shape index (κ3) is 8.73. The van der Waals surface area contributed by atoms with E-state index in [1.807, 2.05) is 30.3 Å². The average Bonchev–Trinajstić information content (AvgIpc) is 3.23. The van der Waals surface area contributed by atoms with Gasteiger partial charge in [-0.05, 0) is 98.5 Å². The quantitative estimate of drug-likeness (QED) is 0.186. The number of benzene rings is 4. The van der Waals surface area contributed by atoms with Crippen molar-refractivity contribution in [2.24, 2.45) is 0 Å². The summed E-state index contributed by atoms with van der Waals surface area (Å²) in [6, 6.07) is 26.8. The Balaban J connectivity index is 0.000000174. The molecule has 300 valence electrons. The molecule has 0 saturated carbocycles. The SMILES string of the molecule is COc1ccc(S(=O)(=O)N2CCC(N3COCc4cc(Br)ccc43)CC2)cc1.N#Cc1ccccc1S(=O)(=O)N1CCC(N2C(=O)OCc3cc(Br)ccc32)CC1. The van der Waals surface area contributed by atoms with Gasteiger partial charge < -0.3 is 19.1 Å². The van der Waals surface area contributed by atoms with Crippen LogP contribution in [0.25, 0.3) is 0 Å². The van der Waals surface area contributed by atoms with Crippen LogP contribution < -0.4 is 14.5 Å². The molecule has 4 aromatic carbocycles. The molecule has 0 aromatic heterocycles. The van der Waals surface area contributed by atoms with Crippen molar-refractivity contribution in [2.75, 3.05) is 49.8 Å². The average molecular weight is 944 g/mol. The molecular weight excluding hydrogens is 902 g/mol. The van der Waals surface area contributed by atoms with Crippen molar-refractivity contribution >= 4 is 69.4 Å². The van der Waals surface area contributed by atoms with Crippen LogP contribution in [0.2, 0.25) is 0 Å². The van der Waals surface area contributed by atoms with Crippen molar-refractivity contribution in [1.82, 2.24) is 8.61 Å². The van der Waals surface area contributed by atoms with E-state index < -0.39 is 26.1 Å². The number of nitriles is 1. The van der Waals surface area contributed by atoms with Crippen LogP contribution in [0.1, 0.15) is 42.4 Å². The van der Waals surface area contributed by atoms with Crippen LogP contribution in [0.5, 0.6) is 5.75 Å². The Bertz CT molecular complexity index is 2380. The first-order chi connectivity index (χ1) is 27.4. The number of sulfonamides is 2. The lowest BCUT2D eigenvalue weighted by molar-refractivity contribution is 0.0987. The lowest BCUT2D eigenvalue weighted by atomic mass is 10.0. The highest BCUT2D eigenvalue weighted by Crippen LogP contribution is 2.36. The van der Waals surface area contributed by atoms with Gasteiger partial charge in [0.05, 0.1) is 34.8 Å². The molecule has 2 saturated heterocycles. The van der Waals surface area contributed by atoms with Crippen LogP contribution in [-0.2, 0) is 42.7 Å². The Morgan fingerprint density at radius 3 is 1.95 bits per heavy atom. The van der Waals surface area contributed by atoms with E-state index in [4.69, 9.17) is 14.2 Å². The molecular formula is C40H41Br2N5O8S2. The number of anilines is 2. The zero-order valence-corrected chi connectivity index (χ0v) is 35.9. The van der Waals surface area contributed by atoms with Crippen molar-refractivity contribution in [3.8, 4) is 11.8 Å². The number of carbonyl (C=O) groups excluding carboxylic acids is 1. The molecule has 0 atom stereocenters. The highest BCUT2D eigenvalue weighted by atomic mass is 79.9. The van der Waals surface area contributed by atoms with E-state index in [2.05, 4.69) is 48.9 Å². The van der Waals surface area contributed by atoms with Gasteiger partial charge in [0, 0.05) is 64.0 Å². The molecule has 0 unspecified atom stereocenters. The minimum Gasteiger partial charge on any atom is -0.497 e. The van der Waals surface area contributed by atoms with Gasteiger partial charge in [-0.15, -0.1) is 0 Å². The molecule has 8 rings (SSSR count). The summed E-state index contributed by atoms with van der Waals surface area (Å²) in [7, 11) is -5.69. The monoisotopic (exact) mass is 941 g/mol. The molecule has 4 aliphatic rings. The first-order valence-corrected chi connectivity index (χ1v) is 22.9. The number of hydrogen-bond acceptors (Lipinski definition) is 10. The Morgan fingerprint density at radius 2 is 1.32 bits per heavy atom. The number of nitrogens with zero attached hydrogens (tertiary/aromatic N) is 5. The van der Waals surface area contributed by atoms with Gasteiger partial charge in [0.15, 0.2) is 0 Å². The van der Waals surface area contributed by atoms with Crippen LogP contribution in [0.4, 0.5) is 16.2 Å². The van der Waals surface area contributed by atoms with Crippen LogP contribution in [-0.4, -0.2) is 83.6 Å². The van der Waals surface area contributed by atoms with E-state index in [1.54, 1.807) is 52.7 Å². The highest BCUT2D eigenvalue weighted by molar-refractivity contribution is 9.10. The fourth-order valence-corrected chi connectivity index (χ4v) is 11.6. The largest absolute Gasteiger partial charge is 0.497 e. The molecule has 0 aliphatic carbocycles. The highest BCUT2D eigenvalue weighted by Gasteiger charge is 2.38. The van der Waals surface area contributed by atoms with Gasteiger partial charge in [0.1, 0.15) is 25.2 Å². The summed E-state index contributed by atoms with van der Waals surface area (Å²) < 4.78 is 73.0. The molecule has 13 nitrogen and oxygen atoms in total. The Hall–Kier alpha value is -4.02. The number of hydrogen-bond donors (Lipinski definition) is 0. The molecule has 0 N–H and O–H groups in total. The first kappa shape index (κ1) is 41.2. The second-order valence-electron chi connectivity index (χ2n) is 14.0. The van der Waals surface area contributed by atoms with Gasteiger partial charge >= 0.3 is 6.09 Å². The molecule has 0 radical (unpaired) electrons. The fraction of sp³-hybridized carbons (Fsp3) is 0.350. The number of piperidine rings is 2. The summed E-state index contributed by atoms with van der Waals surface area (Å²) in [6.45, 7) is 2.91. The van der Waals surface area contributed by atoms with Crippen LogP contribution in [0.15, 0.2) is 104 Å². The summed E-state index contributed by atoms with van der Waals surface area (Å²) >= 11 is 6.94. The second-order valence-corrected chi connectivity index (χ2v) is 19.6. The fourth-order valence-electron chi connectivity index (χ4n) is 7.69. The predicted octanol–water partition coefficient (Wildman–Crippen LogP) is 7.24. The number of ether oxygens (including phenoxy) is 3. The van der Waals surface area contributed by atoms with Gasteiger partial charge in [0.2, 0.25) is 20.0 Å². The topological polar surface area (TPSA) is 150 Å². The van der Waals surface area contributed by atoms with Crippen LogP contribution in [0, 0.1) is 11.3 Å². The number of methoxy groups -OCH3 is 1. The predicted molar refractivity (Wildman–Crippen MR) is 221 cm³/mol. The molecule has 17 heteroatoms. The number of carbonyl (C=O) groups is 1. The molecule has 2 fully saturated rings. The zero-order valence-electron chi connectivity index (χ0n) is 31.1. The van der Waals surface area contributed by atoms with Gasteiger partial charge in [-0.1, -0.05) is 44.0 Å². The molecule has 4 aliphatic heterocycles. The molecule has 0 spiro atoms. The minimum atomic E-state index is -3.77. The minimum absolute atomic E-state index is 0.0218. The van der Waals surface area contributed by atoms with E-state index in [-0.39, 0.29) is 42.2 Å². The third-order valence-electron chi connectivity index (χ3n) is 10.7. The van der Waals surface area contributed by atoms with Crippen LogP contribution in [0.3, 0.4) is 0 Å². The van der Waals surface area contributed by atoms with Crippen molar-refractivity contribution in [1.29, 1.82) is 5.26 Å². The van der Waals surface area contributed by atoms with Gasteiger partial charge in [-0.2, -0.15) is 13.9 Å². The van der Waals surface area contributed by atoms with Gasteiger partial charge in [-0.25, -0.2) is 21.6 Å². The molecule has 0 bridgehead atoms. The lowest BCUT2D eigenvalue weighted by Crippen LogP contribution is -2.50. The summed E-state index contributed by atoms with van der Waals surface area (Å²) in [6.07, 6.45) is 2.11. The first-order valence-electron chi connectivity index (χ1n) is 18.4. The maximum absolute atomic E-state index is 13.0. The van der Waals surface area contributed by atoms with Gasteiger partial charge in [0.25, 0.3) is 0 Å². The maximum atomic E-state index is 13.0. The van der Waals surface area contributed by atoms with Crippen molar-refractivity contribution in [3.63, 3.8) is 0 Å². The summed E-state index contributed by atoms with van der Waals surface area (Å²) in [5.41, 5.74) is 4.20. The number of halogens is 2. The molecule has 4 heterocycles. The standard InChI is InChI=1S/C20H18BrN3O4S.C20H23BrN2O4S/c21-16-5-6-18-15(11-16)13-28-20(25)24(18)17-7-9-23(10-8-17)29(26,27)19-4-2-1-3-14(19)12-22;1-26-18-3-5-19(6-4-18)28(24,25)22-10-8-17(9-11-22)23-14-27-13-15-12-16(21)2-7-20(15)23/h1-6,11,17H,7-10,13H2;2-7,12,17H,8-11,13-14H2,1H3. The summed E-state index contributed by atoms with van der Waals surface area (Å²) in [5, 5.41) is 9.24. The zero-order chi connectivity index (χ0) is 40.3. The summed E-state index contributed by atoms with van der Waals surface area (Å²) in [4.78, 5) is 16.7.